The second kappa shape index (κ2) is 7.15. The van der Waals surface area contributed by atoms with Crippen LogP contribution in [0.5, 0.6) is 0 Å². The van der Waals surface area contributed by atoms with Gasteiger partial charge < -0.3 is 5.73 Å². The Hall–Kier alpha value is -0.240. The predicted molar refractivity (Wildman–Crippen MR) is 88.4 cm³/mol. The molecule has 0 radical (unpaired) electrons. The summed E-state index contributed by atoms with van der Waals surface area (Å²) in [6.45, 7) is 4.66. The van der Waals surface area contributed by atoms with Gasteiger partial charge in [-0.3, -0.25) is 0 Å². The highest BCUT2D eigenvalue weighted by Gasteiger charge is 2.27. The summed E-state index contributed by atoms with van der Waals surface area (Å²) in [5.74, 6) is 2.31. The largest absolute Gasteiger partial charge is 0.327 e. The lowest BCUT2D eigenvalue weighted by Gasteiger charge is -2.34. The number of hydrogen-bond donors (Lipinski definition) is 1. The molecule has 1 aliphatic rings. The van der Waals surface area contributed by atoms with Crippen LogP contribution in [0, 0.1) is 17.8 Å². The Kier molecular flexibility index (Phi) is 5.77. The second-order valence-electron chi connectivity index (χ2n) is 6.50. The maximum atomic E-state index is 6.42. The van der Waals surface area contributed by atoms with Gasteiger partial charge in [0.05, 0.1) is 10.0 Å². The van der Waals surface area contributed by atoms with Crippen molar-refractivity contribution >= 4 is 23.2 Å². The monoisotopic (exact) mass is 313 g/mol. The third-order valence-corrected chi connectivity index (χ3v) is 5.71. The van der Waals surface area contributed by atoms with Crippen LogP contribution in [-0.4, -0.2) is 6.04 Å². The number of benzene rings is 1. The van der Waals surface area contributed by atoms with E-state index < -0.39 is 0 Å². The van der Waals surface area contributed by atoms with Crippen molar-refractivity contribution in [2.75, 3.05) is 0 Å². The normalized spacial score (nSPS) is 24.9. The molecular formula is C17H25Cl2N. The lowest BCUT2D eigenvalue weighted by molar-refractivity contribution is 0.202. The zero-order chi connectivity index (χ0) is 14.7. The van der Waals surface area contributed by atoms with Crippen molar-refractivity contribution in [3.05, 3.63) is 33.8 Å². The van der Waals surface area contributed by atoms with Gasteiger partial charge >= 0.3 is 0 Å². The van der Waals surface area contributed by atoms with Gasteiger partial charge in [-0.05, 0) is 61.5 Å². The fraction of sp³-hybridized carbons (Fsp3) is 0.647. The molecule has 1 unspecified atom stereocenters. The van der Waals surface area contributed by atoms with Crippen molar-refractivity contribution < 1.29 is 0 Å². The van der Waals surface area contributed by atoms with E-state index in [0.29, 0.717) is 16.0 Å². The maximum Gasteiger partial charge on any atom is 0.0624 e. The Morgan fingerprint density at radius 2 is 1.70 bits per heavy atom. The summed E-state index contributed by atoms with van der Waals surface area (Å²) in [4.78, 5) is 0. The fourth-order valence-corrected chi connectivity index (χ4v) is 3.76. The summed E-state index contributed by atoms with van der Waals surface area (Å²) in [5, 5.41) is 1.29. The van der Waals surface area contributed by atoms with E-state index in [1.807, 2.05) is 18.2 Å². The molecule has 1 aliphatic carbocycles. The minimum Gasteiger partial charge on any atom is -0.327 e. The van der Waals surface area contributed by atoms with Gasteiger partial charge in [-0.1, -0.05) is 49.2 Å². The van der Waals surface area contributed by atoms with Crippen LogP contribution in [0.1, 0.15) is 45.1 Å². The molecule has 1 saturated carbocycles. The van der Waals surface area contributed by atoms with Gasteiger partial charge in [0.15, 0.2) is 0 Å². The Morgan fingerprint density at radius 1 is 1.10 bits per heavy atom. The summed E-state index contributed by atoms with van der Waals surface area (Å²) in [7, 11) is 0. The van der Waals surface area contributed by atoms with Crippen molar-refractivity contribution in [1.29, 1.82) is 0 Å². The fourth-order valence-electron chi connectivity index (χ4n) is 3.37. The highest BCUT2D eigenvalue weighted by atomic mass is 35.5. The van der Waals surface area contributed by atoms with Gasteiger partial charge in [-0.15, -0.1) is 0 Å². The van der Waals surface area contributed by atoms with Crippen LogP contribution >= 0.6 is 23.2 Å². The molecule has 1 aromatic rings. The van der Waals surface area contributed by atoms with E-state index in [1.54, 1.807) is 0 Å². The van der Waals surface area contributed by atoms with Gasteiger partial charge in [0.1, 0.15) is 0 Å². The zero-order valence-corrected chi connectivity index (χ0v) is 13.9. The second-order valence-corrected chi connectivity index (χ2v) is 7.28. The average Bonchev–Trinajstić information content (AvgIpc) is 2.44. The van der Waals surface area contributed by atoms with Crippen LogP contribution in [-0.2, 0) is 6.42 Å². The Labute approximate surface area is 132 Å². The van der Waals surface area contributed by atoms with Crippen molar-refractivity contribution in [2.45, 2.75) is 52.0 Å². The molecule has 0 aromatic heterocycles. The van der Waals surface area contributed by atoms with Crippen LogP contribution in [0.2, 0.25) is 10.0 Å². The summed E-state index contributed by atoms with van der Waals surface area (Å²) in [6, 6.07) is 6.01. The van der Waals surface area contributed by atoms with Crippen LogP contribution in [0.4, 0.5) is 0 Å². The number of rotatable bonds is 4. The third-order valence-electron chi connectivity index (χ3n) is 4.85. The van der Waals surface area contributed by atoms with Gasteiger partial charge in [-0.2, -0.15) is 0 Å². The molecule has 0 amide bonds. The molecule has 112 valence electrons. The van der Waals surface area contributed by atoms with Crippen molar-refractivity contribution in [3.63, 3.8) is 0 Å². The quantitative estimate of drug-likeness (QED) is 0.799. The summed E-state index contributed by atoms with van der Waals surface area (Å²) in [6.07, 6.45) is 5.97. The Bertz CT molecular complexity index is 437. The molecular weight excluding hydrogens is 289 g/mol. The molecule has 20 heavy (non-hydrogen) atoms. The summed E-state index contributed by atoms with van der Waals surface area (Å²) >= 11 is 12.3. The minimum atomic E-state index is 0.194. The smallest absolute Gasteiger partial charge is 0.0624 e. The lowest BCUT2D eigenvalue weighted by atomic mass is 9.74. The molecule has 1 aromatic carbocycles. The van der Waals surface area contributed by atoms with Gasteiger partial charge in [0, 0.05) is 6.04 Å². The first kappa shape index (κ1) is 16.1. The average molecular weight is 314 g/mol. The molecule has 3 heteroatoms. The number of halogens is 2. The molecule has 0 bridgehead atoms. The molecule has 0 heterocycles. The van der Waals surface area contributed by atoms with Crippen molar-refractivity contribution in [3.8, 4) is 0 Å². The van der Waals surface area contributed by atoms with E-state index in [1.165, 1.54) is 25.7 Å². The first-order valence-corrected chi connectivity index (χ1v) is 8.43. The van der Waals surface area contributed by atoms with Gasteiger partial charge in [0.25, 0.3) is 0 Å². The van der Waals surface area contributed by atoms with Crippen molar-refractivity contribution in [1.82, 2.24) is 0 Å². The highest BCUT2D eigenvalue weighted by Crippen LogP contribution is 2.35. The molecule has 0 aliphatic heterocycles. The molecule has 1 atom stereocenters. The van der Waals surface area contributed by atoms with Crippen LogP contribution in [0.25, 0.3) is 0 Å². The Morgan fingerprint density at radius 3 is 2.30 bits per heavy atom. The standard InChI is InChI=1S/C17H25Cl2N/c1-11(2)12-6-8-13(9-7-12)16(20)10-14-4-3-5-15(18)17(14)19/h3-5,11-13,16H,6-10,20H2,1-2H3. The van der Waals surface area contributed by atoms with E-state index >= 15 is 0 Å². The van der Waals surface area contributed by atoms with E-state index in [9.17, 15) is 0 Å². The van der Waals surface area contributed by atoms with E-state index in [0.717, 1.165) is 23.8 Å². The summed E-state index contributed by atoms with van der Waals surface area (Å²) < 4.78 is 0. The highest BCUT2D eigenvalue weighted by molar-refractivity contribution is 6.42. The molecule has 1 nitrogen and oxygen atoms in total. The SMILES string of the molecule is CC(C)C1CCC(C(N)Cc2cccc(Cl)c2Cl)CC1. The van der Waals surface area contributed by atoms with E-state index in [-0.39, 0.29) is 6.04 Å². The Balaban J connectivity index is 1.93. The number of hydrogen-bond acceptors (Lipinski definition) is 1. The first-order chi connectivity index (χ1) is 9.49. The minimum absolute atomic E-state index is 0.194. The maximum absolute atomic E-state index is 6.42. The van der Waals surface area contributed by atoms with Crippen LogP contribution < -0.4 is 5.73 Å². The molecule has 2 N–H and O–H groups in total. The van der Waals surface area contributed by atoms with Crippen LogP contribution in [0.3, 0.4) is 0 Å². The van der Waals surface area contributed by atoms with Crippen molar-refractivity contribution in [2.24, 2.45) is 23.5 Å². The van der Waals surface area contributed by atoms with E-state index in [2.05, 4.69) is 13.8 Å². The van der Waals surface area contributed by atoms with E-state index in [4.69, 9.17) is 28.9 Å². The molecule has 0 saturated heterocycles. The topological polar surface area (TPSA) is 26.0 Å². The number of nitrogens with two attached hydrogens (primary N) is 1. The molecule has 1 fully saturated rings. The van der Waals surface area contributed by atoms with Crippen LogP contribution in [0.15, 0.2) is 18.2 Å². The molecule has 0 spiro atoms. The first-order valence-electron chi connectivity index (χ1n) is 7.67. The lowest BCUT2D eigenvalue weighted by Crippen LogP contribution is -2.35. The third kappa shape index (κ3) is 3.90. The zero-order valence-electron chi connectivity index (χ0n) is 12.4. The predicted octanol–water partition coefficient (Wildman–Crippen LogP) is 5.33. The molecule has 2 rings (SSSR count). The summed E-state index contributed by atoms with van der Waals surface area (Å²) in [5.41, 5.74) is 7.50. The van der Waals surface area contributed by atoms with Gasteiger partial charge in [0.2, 0.25) is 0 Å². The van der Waals surface area contributed by atoms with Gasteiger partial charge in [-0.25, -0.2) is 0 Å².